The highest BCUT2D eigenvalue weighted by Gasteiger charge is 2.00. The van der Waals surface area contributed by atoms with Crippen molar-refractivity contribution in [2.24, 2.45) is 0 Å². The Bertz CT molecular complexity index is 658. The summed E-state index contributed by atoms with van der Waals surface area (Å²) in [6.45, 7) is 0. The van der Waals surface area contributed by atoms with Crippen molar-refractivity contribution < 1.29 is 0 Å². The molecule has 0 saturated carbocycles. The summed E-state index contributed by atoms with van der Waals surface area (Å²) in [6, 6.07) is 22.9. The van der Waals surface area contributed by atoms with Gasteiger partial charge in [0.25, 0.3) is 0 Å². The van der Waals surface area contributed by atoms with Gasteiger partial charge in [0.2, 0.25) is 0 Å². The van der Waals surface area contributed by atoms with Crippen molar-refractivity contribution in [2.45, 2.75) is 0 Å². The first-order chi connectivity index (χ1) is 9.33. The molecule has 0 spiro atoms. The van der Waals surface area contributed by atoms with Gasteiger partial charge in [0, 0.05) is 16.2 Å². The summed E-state index contributed by atoms with van der Waals surface area (Å²) in [6.07, 6.45) is 1.82. The largest absolute Gasteiger partial charge is 0.255 e. The Balaban J connectivity index is 1.93. The zero-order valence-electron chi connectivity index (χ0n) is 10.3. The summed E-state index contributed by atoms with van der Waals surface area (Å²) in [5, 5.41) is 0. The average Bonchev–Trinajstić information content (AvgIpc) is 2.49. The van der Waals surface area contributed by atoms with E-state index in [1.165, 1.54) is 11.1 Å². The molecular weight excluding hydrogens is 298 g/mol. The third kappa shape index (κ3) is 2.74. The lowest BCUT2D eigenvalue weighted by atomic mass is 10.0. The molecule has 0 aliphatic carbocycles. The number of aromatic nitrogens is 1. The van der Waals surface area contributed by atoms with Crippen LogP contribution >= 0.6 is 15.9 Å². The van der Waals surface area contributed by atoms with E-state index in [2.05, 4.69) is 69.4 Å². The second-order valence-corrected chi connectivity index (χ2v) is 5.22. The van der Waals surface area contributed by atoms with Gasteiger partial charge in [0.05, 0.1) is 5.69 Å². The second kappa shape index (κ2) is 5.37. The highest BCUT2D eigenvalue weighted by atomic mass is 79.9. The maximum absolute atomic E-state index is 4.40. The van der Waals surface area contributed by atoms with E-state index in [0.717, 1.165) is 15.7 Å². The van der Waals surface area contributed by atoms with Crippen LogP contribution in [-0.4, -0.2) is 4.98 Å². The fraction of sp³-hybridized carbons (Fsp3) is 0. The minimum atomic E-state index is 0.989. The fourth-order valence-corrected chi connectivity index (χ4v) is 2.25. The third-order valence-corrected chi connectivity index (χ3v) is 3.48. The second-order valence-electron chi connectivity index (χ2n) is 4.31. The zero-order chi connectivity index (χ0) is 13.1. The zero-order valence-corrected chi connectivity index (χ0v) is 11.8. The molecule has 0 atom stereocenters. The van der Waals surface area contributed by atoms with E-state index in [9.17, 15) is 0 Å². The quantitative estimate of drug-likeness (QED) is 0.635. The Morgan fingerprint density at radius 3 is 1.89 bits per heavy atom. The van der Waals surface area contributed by atoms with Crippen LogP contribution in [0.15, 0.2) is 77.4 Å². The lowest BCUT2D eigenvalue weighted by Gasteiger charge is -2.04. The molecule has 0 aliphatic heterocycles. The molecule has 19 heavy (non-hydrogen) atoms. The average molecular weight is 310 g/mol. The molecule has 0 bridgehead atoms. The maximum atomic E-state index is 4.40. The minimum Gasteiger partial charge on any atom is -0.255 e. The molecule has 1 aromatic heterocycles. The molecule has 0 fully saturated rings. The van der Waals surface area contributed by atoms with Gasteiger partial charge >= 0.3 is 0 Å². The summed E-state index contributed by atoms with van der Waals surface area (Å²) < 4.78 is 0.997. The lowest BCUT2D eigenvalue weighted by molar-refractivity contribution is 1.31. The van der Waals surface area contributed by atoms with Crippen LogP contribution in [0.2, 0.25) is 0 Å². The molecule has 0 unspecified atom stereocenters. The molecule has 1 nitrogen and oxygen atoms in total. The van der Waals surface area contributed by atoms with Crippen molar-refractivity contribution in [3.63, 3.8) is 0 Å². The predicted octanol–water partition coefficient (Wildman–Crippen LogP) is 5.18. The molecule has 0 saturated heterocycles. The van der Waals surface area contributed by atoms with E-state index < -0.39 is 0 Å². The van der Waals surface area contributed by atoms with E-state index in [4.69, 9.17) is 0 Å². The molecule has 0 aliphatic rings. The van der Waals surface area contributed by atoms with E-state index in [1.807, 2.05) is 24.4 Å². The standard InChI is InChI=1S/C17H12BrN/c18-16-10-11-17(19-12-16)15-8-6-14(7-9-15)13-4-2-1-3-5-13/h1-12H. The smallest absolute Gasteiger partial charge is 0.0702 e. The van der Waals surface area contributed by atoms with Crippen LogP contribution in [0, 0.1) is 0 Å². The minimum absolute atomic E-state index is 0.989. The summed E-state index contributed by atoms with van der Waals surface area (Å²) in [7, 11) is 0. The first-order valence-electron chi connectivity index (χ1n) is 6.10. The van der Waals surface area contributed by atoms with Crippen LogP contribution in [0.1, 0.15) is 0 Å². The van der Waals surface area contributed by atoms with E-state index in [-0.39, 0.29) is 0 Å². The molecule has 1 heterocycles. The summed E-state index contributed by atoms with van der Waals surface area (Å²) >= 11 is 3.40. The topological polar surface area (TPSA) is 12.9 Å². The number of rotatable bonds is 2. The van der Waals surface area contributed by atoms with Gasteiger partial charge in [-0.3, -0.25) is 4.98 Å². The highest BCUT2D eigenvalue weighted by molar-refractivity contribution is 9.10. The van der Waals surface area contributed by atoms with Crippen molar-refractivity contribution in [3.8, 4) is 22.4 Å². The Morgan fingerprint density at radius 2 is 1.26 bits per heavy atom. The van der Waals surface area contributed by atoms with Crippen molar-refractivity contribution >= 4 is 15.9 Å². The van der Waals surface area contributed by atoms with Crippen LogP contribution in [0.25, 0.3) is 22.4 Å². The van der Waals surface area contributed by atoms with Crippen molar-refractivity contribution in [2.75, 3.05) is 0 Å². The summed E-state index contributed by atoms with van der Waals surface area (Å²) in [5.74, 6) is 0. The van der Waals surface area contributed by atoms with Gasteiger partial charge in [-0.15, -0.1) is 0 Å². The number of hydrogen-bond acceptors (Lipinski definition) is 1. The first-order valence-corrected chi connectivity index (χ1v) is 6.90. The van der Waals surface area contributed by atoms with Crippen LogP contribution in [0.3, 0.4) is 0 Å². The van der Waals surface area contributed by atoms with Crippen molar-refractivity contribution in [3.05, 3.63) is 77.4 Å². The van der Waals surface area contributed by atoms with Gasteiger partial charge in [-0.2, -0.15) is 0 Å². The number of benzene rings is 2. The first kappa shape index (κ1) is 12.1. The molecule has 3 aromatic rings. The van der Waals surface area contributed by atoms with E-state index >= 15 is 0 Å². The predicted molar refractivity (Wildman–Crippen MR) is 82.8 cm³/mol. The van der Waals surface area contributed by atoms with E-state index in [1.54, 1.807) is 0 Å². The normalized spacial score (nSPS) is 10.4. The Kier molecular flexibility index (Phi) is 3.43. The van der Waals surface area contributed by atoms with Crippen molar-refractivity contribution in [1.29, 1.82) is 0 Å². The lowest BCUT2D eigenvalue weighted by Crippen LogP contribution is -1.83. The van der Waals surface area contributed by atoms with Gasteiger partial charge in [-0.1, -0.05) is 54.6 Å². The van der Waals surface area contributed by atoms with Crippen LogP contribution < -0.4 is 0 Å². The summed E-state index contributed by atoms with van der Waals surface area (Å²) in [4.78, 5) is 4.40. The molecule has 2 heteroatoms. The highest BCUT2D eigenvalue weighted by Crippen LogP contribution is 2.24. The molecule has 0 amide bonds. The molecule has 0 N–H and O–H groups in total. The molecule has 2 aromatic carbocycles. The SMILES string of the molecule is Brc1ccc(-c2ccc(-c3ccccc3)cc2)nc1. The van der Waals surface area contributed by atoms with Crippen LogP contribution in [0.5, 0.6) is 0 Å². The fourth-order valence-electron chi connectivity index (χ4n) is 2.01. The Morgan fingerprint density at radius 1 is 0.632 bits per heavy atom. The van der Waals surface area contributed by atoms with Crippen molar-refractivity contribution in [1.82, 2.24) is 4.98 Å². The maximum Gasteiger partial charge on any atom is 0.0702 e. The number of pyridine rings is 1. The van der Waals surface area contributed by atoms with Crippen LogP contribution in [-0.2, 0) is 0 Å². The third-order valence-electron chi connectivity index (χ3n) is 3.02. The monoisotopic (exact) mass is 309 g/mol. The van der Waals surface area contributed by atoms with Gasteiger partial charge in [-0.25, -0.2) is 0 Å². The van der Waals surface area contributed by atoms with E-state index in [0.29, 0.717) is 0 Å². The summed E-state index contributed by atoms with van der Waals surface area (Å²) in [5.41, 5.74) is 4.58. The Labute approximate surface area is 121 Å². The molecule has 3 rings (SSSR count). The van der Waals surface area contributed by atoms with Gasteiger partial charge in [-0.05, 0) is 39.2 Å². The van der Waals surface area contributed by atoms with Crippen LogP contribution in [0.4, 0.5) is 0 Å². The molecule has 0 radical (unpaired) electrons. The number of hydrogen-bond donors (Lipinski definition) is 0. The molecular formula is C17H12BrN. The van der Waals surface area contributed by atoms with Gasteiger partial charge in [0.15, 0.2) is 0 Å². The number of nitrogens with zero attached hydrogens (tertiary/aromatic N) is 1. The molecule has 92 valence electrons. The Hall–Kier alpha value is -1.93. The van der Waals surface area contributed by atoms with Gasteiger partial charge < -0.3 is 0 Å². The number of halogens is 1. The van der Waals surface area contributed by atoms with Gasteiger partial charge in [0.1, 0.15) is 0 Å².